The first kappa shape index (κ1) is 15.7. The van der Waals surface area contributed by atoms with Crippen molar-refractivity contribution in [2.75, 3.05) is 11.9 Å². The third kappa shape index (κ3) is 3.93. The molecule has 5 heteroatoms. The zero-order chi connectivity index (χ0) is 15.2. The predicted molar refractivity (Wildman–Crippen MR) is 84.4 cm³/mol. The van der Waals surface area contributed by atoms with Gasteiger partial charge in [-0.1, -0.05) is 13.8 Å². The summed E-state index contributed by atoms with van der Waals surface area (Å²) in [6.07, 6.45) is 8.73. The van der Waals surface area contributed by atoms with Crippen molar-refractivity contribution in [3.8, 4) is 0 Å². The van der Waals surface area contributed by atoms with Gasteiger partial charge in [0.25, 0.3) is 5.91 Å². The Kier molecular flexibility index (Phi) is 5.53. The number of likely N-dealkylation sites (tertiary alicyclic amines) is 1. The topological polar surface area (TPSA) is 58.1 Å². The van der Waals surface area contributed by atoms with Gasteiger partial charge in [-0.25, -0.2) is 9.97 Å². The van der Waals surface area contributed by atoms with E-state index in [2.05, 4.69) is 36.1 Å². The number of hydrogen-bond donors (Lipinski definition) is 1. The van der Waals surface area contributed by atoms with Gasteiger partial charge >= 0.3 is 0 Å². The minimum Gasteiger partial charge on any atom is -0.352 e. The minimum absolute atomic E-state index is 0.0663. The van der Waals surface area contributed by atoms with Gasteiger partial charge in [0.1, 0.15) is 0 Å². The maximum Gasteiger partial charge on any atom is 0.257 e. The lowest BCUT2D eigenvalue weighted by molar-refractivity contribution is 0.0607. The van der Waals surface area contributed by atoms with Crippen LogP contribution in [0.5, 0.6) is 0 Å². The highest BCUT2D eigenvalue weighted by Crippen LogP contribution is 2.21. The lowest BCUT2D eigenvalue weighted by Crippen LogP contribution is -2.43. The smallest absolute Gasteiger partial charge is 0.257 e. The van der Waals surface area contributed by atoms with Crippen molar-refractivity contribution in [3.63, 3.8) is 0 Å². The lowest BCUT2D eigenvalue weighted by Gasteiger charge is -2.35. The van der Waals surface area contributed by atoms with Crippen LogP contribution in [0.25, 0.3) is 0 Å². The molecule has 1 saturated heterocycles. The van der Waals surface area contributed by atoms with E-state index in [4.69, 9.17) is 0 Å². The van der Waals surface area contributed by atoms with E-state index in [0.717, 1.165) is 32.2 Å². The maximum atomic E-state index is 12.6. The van der Waals surface area contributed by atoms with Gasteiger partial charge in [-0.3, -0.25) is 4.79 Å². The number of carbonyl (C=O) groups is 1. The summed E-state index contributed by atoms with van der Waals surface area (Å²) in [6, 6.07) is 0.697. The van der Waals surface area contributed by atoms with Crippen molar-refractivity contribution in [2.24, 2.45) is 0 Å². The van der Waals surface area contributed by atoms with Crippen LogP contribution in [-0.2, 0) is 0 Å². The highest BCUT2D eigenvalue weighted by molar-refractivity contribution is 5.94. The van der Waals surface area contributed by atoms with Crippen LogP contribution in [0.3, 0.4) is 0 Å². The van der Waals surface area contributed by atoms with Crippen LogP contribution < -0.4 is 5.32 Å². The fourth-order valence-electron chi connectivity index (χ4n) is 2.69. The molecular weight excluding hydrogens is 264 g/mol. The Labute approximate surface area is 127 Å². The average Bonchev–Trinajstić information content (AvgIpc) is 2.54. The Morgan fingerprint density at radius 3 is 2.71 bits per heavy atom. The Bertz CT molecular complexity index is 460. The maximum absolute atomic E-state index is 12.6. The summed E-state index contributed by atoms with van der Waals surface area (Å²) in [5.74, 6) is 0.656. The first-order valence-electron chi connectivity index (χ1n) is 8.05. The Balaban J connectivity index is 2.05. The predicted octanol–water partition coefficient (Wildman–Crippen LogP) is 3.09. The molecule has 21 heavy (non-hydrogen) atoms. The van der Waals surface area contributed by atoms with E-state index < -0.39 is 0 Å². The number of nitrogens with zero attached hydrogens (tertiary/aromatic N) is 3. The molecule has 0 aliphatic carbocycles. The van der Waals surface area contributed by atoms with Crippen molar-refractivity contribution < 1.29 is 4.79 Å². The third-order valence-corrected chi connectivity index (χ3v) is 4.25. The van der Waals surface area contributed by atoms with Gasteiger partial charge in [0.05, 0.1) is 5.56 Å². The van der Waals surface area contributed by atoms with Gasteiger partial charge < -0.3 is 10.2 Å². The molecule has 2 heterocycles. The molecule has 2 rings (SSSR count). The molecule has 1 fully saturated rings. The molecule has 0 spiro atoms. The number of amides is 1. The zero-order valence-electron chi connectivity index (χ0n) is 13.3. The monoisotopic (exact) mass is 290 g/mol. The summed E-state index contributed by atoms with van der Waals surface area (Å²) in [4.78, 5) is 23.1. The molecule has 1 amide bonds. The molecular formula is C16H26N4O. The molecule has 0 saturated carbocycles. The highest BCUT2D eigenvalue weighted by Gasteiger charge is 2.26. The Morgan fingerprint density at radius 2 is 2.10 bits per heavy atom. The van der Waals surface area contributed by atoms with E-state index in [9.17, 15) is 4.79 Å². The molecule has 1 N–H and O–H groups in total. The minimum atomic E-state index is 0.0663. The van der Waals surface area contributed by atoms with Crippen molar-refractivity contribution in [3.05, 3.63) is 18.0 Å². The quantitative estimate of drug-likeness (QED) is 0.905. The van der Waals surface area contributed by atoms with Crippen LogP contribution in [0.15, 0.2) is 12.4 Å². The second kappa shape index (κ2) is 7.38. The van der Waals surface area contributed by atoms with E-state index >= 15 is 0 Å². The molecule has 0 radical (unpaired) electrons. The van der Waals surface area contributed by atoms with E-state index in [0.29, 0.717) is 23.6 Å². The first-order valence-corrected chi connectivity index (χ1v) is 8.05. The summed E-state index contributed by atoms with van der Waals surface area (Å²) < 4.78 is 0. The van der Waals surface area contributed by atoms with Crippen molar-refractivity contribution in [1.82, 2.24) is 14.9 Å². The zero-order valence-corrected chi connectivity index (χ0v) is 13.3. The Morgan fingerprint density at radius 1 is 1.38 bits per heavy atom. The van der Waals surface area contributed by atoms with Gasteiger partial charge in [-0.15, -0.1) is 0 Å². The summed E-state index contributed by atoms with van der Waals surface area (Å²) >= 11 is 0. The van der Waals surface area contributed by atoms with Crippen LogP contribution >= 0.6 is 0 Å². The van der Waals surface area contributed by atoms with E-state index in [1.165, 1.54) is 6.42 Å². The SMILES string of the molecule is CCC(C)Nc1ncc(C(=O)N2CCCCC2CC)cn1. The van der Waals surface area contributed by atoms with Gasteiger partial charge in [-0.05, 0) is 39.0 Å². The summed E-state index contributed by atoms with van der Waals surface area (Å²) in [5.41, 5.74) is 0.588. The average molecular weight is 290 g/mol. The number of carbonyl (C=O) groups excluding carboxylic acids is 1. The number of piperidine rings is 1. The molecule has 1 aromatic rings. The van der Waals surface area contributed by atoms with Gasteiger partial charge in [0.15, 0.2) is 0 Å². The molecule has 5 nitrogen and oxygen atoms in total. The summed E-state index contributed by atoms with van der Waals surface area (Å²) in [7, 11) is 0. The van der Waals surface area contributed by atoms with Gasteiger partial charge in [0, 0.05) is 31.0 Å². The molecule has 1 aliphatic rings. The first-order chi connectivity index (χ1) is 10.2. The van der Waals surface area contributed by atoms with E-state index in [1.54, 1.807) is 12.4 Å². The van der Waals surface area contributed by atoms with Crippen LogP contribution in [0, 0.1) is 0 Å². The highest BCUT2D eigenvalue weighted by atomic mass is 16.2. The van der Waals surface area contributed by atoms with Gasteiger partial charge in [-0.2, -0.15) is 0 Å². The van der Waals surface area contributed by atoms with Crippen LogP contribution in [0.2, 0.25) is 0 Å². The third-order valence-electron chi connectivity index (χ3n) is 4.25. The lowest BCUT2D eigenvalue weighted by atomic mass is 9.99. The molecule has 1 aromatic heterocycles. The number of aromatic nitrogens is 2. The largest absolute Gasteiger partial charge is 0.352 e. The fraction of sp³-hybridized carbons (Fsp3) is 0.688. The fourth-order valence-corrected chi connectivity index (χ4v) is 2.69. The van der Waals surface area contributed by atoms with Crippen molar-refractivity contribution in [1.29, 1.82) is 0 Å². The number of hydrogen-bond acceptors (Lipinski definition) is 4. The molecule has 116 valence electrons. The van der Waals surface area contributed by atoms with Crippen molar-refractivity contribution in [2.45, 2.75) is 65.0 Å². The normalized spacial score (nSPS) is 20.1. The number of rotatable bonds is 5. The standard InChI is InChI=1S/C16H26N4O/c1-4-12(3)19-16-17-10-13(11-18-16)15(21)20-9-7-6-8-14(20)5-2/h10-12,14H,4-9H2,1-3H3,(H,17,18,19). The number of anilines is 1. The second-order valence-electron chi connectivity index (χ2n) is 5.81. The molecule has 2 unspecified atom stereocenters. The van der Waals surface area contributed by atoms with Crippen LogP contribution in [0.1, 0.15) is 63.2 Å². The molecule has 1 aliphatic heterocycles. The Hall–Kier alpha value is -1.65. The molecule has 0 aromatic carbocycles. The van der Waals surface area contributed by atoms with Crippen LogP contribution in [-0.4, -0.2) is 39.4 Å². The molecule has 0 bridgehead atoms. The second-order valence-corrected chi connectivity index (χ2v) is 5.81. The molecule has 2 atom stereocenters. The van der Waals surface area contributed by atoms with Gasteiger partial charge in [0.2, 0.25) is 5.95 Å². The summed E-state index contributed by atoms with van der Waals surface area (Å²) in [6.45, 7) is 7.19. The van der Waals surface area contributed by atoms with E-state index in [-0.39, 0.29) is 5.91 Å². The van der Waals surface area contributed by atoms with E-state index in [1.807, 2.05) is 4.90 Å². The van der Waals surface area contributed by atoms with Crippen molar-refractivity contribution >= 4 is 11.9 Å². The van der Waals surface area contributed by atoms with Crippen LogP contribution in [0.4, 0.5) is 5.95 Å². The number of nitrogens with one attached hydrogen (secondary N) is 1. The summed E-state index contributed by atoms with van der Waals surface area (Å²) in [5, 5.41) is 3.21.